The number of hydrogen-bond acceptors (Lipinski definition) is 5. The molecule has 0 saturated carbocycles. The molecule has 0 saturated heterocycles. The summed E-state index contributed by atoms with van der Waals surface area (Å²) in [7, 11) is 0. The Morgan fingerprint density at radius 3 is 1.89 bits per heavy atom. The lowest BCUT2D eigenvalue weighted by Gasteiger charge is -2.23. The fraction of sp³-hybridized carbons (Fsp3) is 0.0196. The van der Waals surface area contributed by atoms with E-state index >= 15 is 0 Å². The lowest BCUT2D eigenvalue weighted by atomic mass is 9.97. The van der Waals surface area contributed by atoms with Crippen molar-refractivity contribution >= 4 is 77.4 Å². The summed E-state index contributed by atoms with van der Waals surface area (Å²) >= 11 is 0. The normalized spacial score (nSPS) is 14.5. The smallest absolute Gasteiger partial charge is 0.159 e. The Bertz CT molecular complexity index is 3390. The molecule has 1 N–H and O–H groups in total. The molecule has 0 amide bonds. The molecule has 3 aromatic heterocycles. The molecular weight excluding hydrogens is 701 g/mol. The number of nitrogens with one attached hydrogen (secondary N) is 1. The van der Waals surface area contributed by atoms with Crippen molar-refractivity contribution in [1.29, 1.82) is 0 Å². The van der Waals surface area contributed by atoms with E-state index in [1.54, 1.807) is 0 Å². The number of fused-ring (bicyclic) bond motifs is 9. The molecule has 0 aliphatic carbocycles. The van der Waals surface area contributed by atoms with Gasteiger partial charge < -0.3 is 18.7 Å². The zero-order chi connectivity index (χ0) is 37.5. The van der Waals surface area contributed by atoms with Crippen LogP contribution in [0.2, 0.25) is 0 Å². The molecule has 1 unspecified atom stereocenters. The molecular formula is C51H32N4O2. The molecule has 6 nitrogen and oxygen atoms in total. The lowest BCUT2D eigenvalue weighted by Crippen LogP contribution is -2.33. The summed E-state index contributed by atoms with van der Waals surface area (Å²) in [5, 5.41) is 10.2. The van der Waals surface area contributed by atoms with Gasteiger partial charge in [0.05, 0.1) is 16.7 Å². The van der Waals surface area contributed by atoms with Crippen LogP contribution >= 0.6 is 0 Å². The number of rotatable bonds is 5. The van der Waals surface area contributed by atoms with Crippen LogP contribution in [0.25, 0.3) is 82.5 Å². The summed E-state index contributed by atoms with van der Waals surface area (Å²) in [4.78, 5) is 10.1. The average Bonchev–Trinajstić information content (AvgIpc) is 3.96. The van der Waals surface area contributed by atoms with Crippen molar-refractivity contribution in [2.75, 3.05) is 0 Å². The third kappa shape index (κ3) is 4.90. The van der Waals surface area contributed by atoms with Crippen molar-refractivity contribution in [1.82, 2.24) is 9.88 Å². The first-order chi connectivity index (χ1) is 28.3. The van der Waals surface area contributed by atoms with Gasteiger partial charge in [0.1, 0.15) is 28.8 Å². The quantitative estimate of drug-likeness (QED) is 0.192. The maximum atomic E-state index is 6.82. The number of nitrogens with zero attached hydrogens (tertiary/aromatic N) is 3. The molecule has 11 aromatic rings. The van der Waals surface area contributed by atoms with Gasteiger partial charge in [-0.25, -0.2) is 9.98 Å². The van der Waals surface area contributed by atoms with E-state index in [0.29, 0.717) is 5.84 Å². The van der Waals surface area contributed by atoms with Crippen molar-refractivity contribution in [2.45, 2.75) is 6.17 Å². The van der Waals surface area contributed by atoms with E-state index in [1.807, 2.05) is 36.4 Å². The summed E-state index contributed by atoms with van der Waals surface area (Å²) in [6.45, 7) is 0. The van der Waals surface area contributed by atoms with Gasteiger partial charge in [0.15, 0.2) is 11.4 Å². The second-order valence-electron chi connectivity index (χ2n) is 14.5. The minimum absolute atomic E-state index is 0.347. The van der Waals surface area contributed by atoms with E-state index in [2.05, 4.69) is 155 Å². The molecule has 4 heterocycles. The maximum Gasteiger partial charge on any atom is 0.159 e. The van der Waals surface area contributed by atoms with Gasteiger partial charge in [0.2, 0.25) is 0 Å². The van der Waals surface area contributed by atoms with Crippen molar-refractivity contribution in [3.05, 3.63) is 199 Å². The van der Waals surface area contributed by atoms with Gasteiger partial charge >= 0.3 is 0 Å². The highest BCUT2D eigenvalue weighted by atomic mass is 16.3. The SMILES string of the molecule is c1ccc(C2=NC(c3ccc4oc5c(-c6cccc7oc8c(-n9c%10ccccc%10c%10ccccc%109)cccc8c67)cccc5c4c3)NC(c3ccccc3)=N2)cc1. The van der Waals surface area contributed by atoms with E-state index < -0.39 is 0 Å². The van der Waals surface area contributed by atoms with E-state index in [9.17, 15) is 0 Å². The Labute approximate surface area is 326 Å². The standard InChI is InChI=1S/C51H32N4O2/c1-3-14-31(15-4-1)49-52-50(32-16-5-2-6-17-32)54-51(53-49)33-28-29-44-40(30-33)38-22-11-21-37(47(38)56-44)36-20-13-27-45-46(36)39-23-12-26-43(48(39)57-45)55-41-24-9-7-18-34(41)35-19-8-10-25-42(35)55/h1-30,51H,(H,52,53,54). The van der Waals surface area contributed by atoms with Crippen LogP contribution in [0.4, 0.5) is 0 Å². The molecule has 6 heteroatoms. The maximum absolute atomic E-state index is 6.82. The van der Waals surface area contributed by atoms with Crippen LogP contribution in [-0.2, 0) is 0 Å². The fourth-order valence-electron chi connectivity index (χ4n) is 8.69. The monoisotopic (exact) mass is 732 g/mol. The molecule has 0 radical (unpaired) electrons. The first-order valence-electron chi connectivity index (χ1n) is 19.2. The van der Waals surface area contributed by atoms with E-state index in [0.717, 1.165) is 94.3 Å². The van der Waals surface area contributed by atoms with Crippen LogP contribution in [0.3, 0.4) is 0 Å². The van der Waals surface area contributed by atoms with Crippen LogP contribution in [0.1, 0.15) is 22.9 Å². The third-order valence-electron chi connectivity index (χ3n) is 11.3. The predicted molar refractivity (Wildman–Crippen MR) is 233 cm³/mol. The highest BCUT2D eigenvalue weighted by Crippen LogP contribution is 2.44. The predicted octanol–water partition coefficient (Wildman–Crippen LogP) is 12.7. The van der Waals surface area contributed by atoms with E-state index in [-0.39, 0.29) is 6.17 Å². The van der Waals surface area contributed by atoms with Crippen LogP contribution < -0.4 is 5.32 Å². The Hall–Kier alpha value is -7.70. The van der Waals surface area contributed by atoms with Crippen LogP contribution in [0.15, 0.2) is 201 Å². The summed E-state index contributed by atoms with van der Waals surface area (Å²) in [6.07, 6.45) is -0.347. The number of aliphatic imine (C=N–C) groups is 2. The van der Waals surface area contributed by atoms with Gasteiger partial charge in [-0.3, -0.25) is 0 Å². The van der Waals surface area contributed by atoms with E-state index in [1.165, 1.54) is 10.8 Å². The molecule has 0 fully saturated rings. The van der Waals surface area contributed by atoms with Crippen molar-refractivity contribution in [3.63, 3.8) is 0 Å². The molecule has 12 rings (SSSR count). The van der Waals surface area contributed by atoms with Gasteiger partial charge in [-0.15, -0.1) is 0 Å². The lowest BCUT2D eigenvalue weighted by molar-refractivity contribution is 0.664. The highest BCUT2D eigenvalue weighted by Gasteiger charge is 2.24. The first kappa shape index (κ1) is 31.6. The fourth-order valence-corrected chi connectivity index (χ4v) is 8.69. The molecule has 1 atom stereocenters. The number of hydrogen-bond donors (Lipinski definition) is 1. The highest BCUT2D eigenvalue weighted by molar-refractivity contribution is 6.19. The molecule has 0 spiro atoms. The minimum atomic E-state index is -0.347. The first-order valence-corrected chi connectivity index (χ1v) is 19.2. The zero-order valence-electron chi connectivity index (χ0n) is 30.6. The number of para-hydroxylation sites is 4. The molecule has 1 aliphatic heterocycles. The van der Waals surface area contributed by atoms with Gasteiger partial charge in [-0.2, -0.15) is 0 Å². The number of amidine groups is 2. The summed E-state index contributed by atoms with van der Waals surface area (Å²) in [5.74, 6) is 1.48. The summed E-state index contributed by atoms with van der Waals surface area (Å²) in [5.41, 5.74) is 11.7. The van der Waals surface area contributed by atoms with E-state index in [4.69, 9.17) is 18.8 Å². The topological polar surface area (TPSA) is 68.0 Å². The second-order valence-corrected chi connectivity index (χ2v) is 14.5. The van der Waals surface area contributed by atoms with Crippen LogP contribution in [-0.4, -0.2) is 16.2 Å². The zero-order valence-corrected chi connectivity index (χ0v) is 30.6. The van der Waals surface area contributed by atoms with Crippen molar-refractivity contribution in [2.24, 2.45) is 9.98 Å². The summed E-state index contributed by atoms with van der Waals surface area (Å²) in [6, 6.07) is 63.1. The van der Waals surface area contributed by atoms with Crippen LogP contribution in [0.5, 0.6) is 0 Å². The number of benzene rings is 8. The molecule has 268 valence electrons. The summed E-state index contributed by atoms with van der Waals surface area (Å²) < 4.78 is 15.9. The van der Waals surface area contributed by atoms with Gasteiger partial charge in [-0.05, 0) is 47.5 Å². The molecule has 1 aliphatic rings. The van der Waals surface area contributed by atoms with Crippen molar-refractivity contribution in [3.8, 4) is 16.8 Å². The largest absolute Gasteiger partial charge is 0.455 e. The Kier molecular flexibility index (Phi) is 6.89. The van der Waals surface area contributed by atoms with Gasteiger partial charge in [0, 0.05) is 49.0 Å². The Morgan fingerprint density at radius 1 is 0.474 bits per heavy atom. The third-order valence-corrected chi connectivity index (χ3v) is 11.3. The van der Waals surface area contributed by atoms with Crippen LogP contribution in [0, 0.1) is 0 Å². The Morgan fingerprint density at radius 2 is 1.11 bits per heavy atom. The second kappa shape index (κ2) is 12.4. The Balaban J connectivity index is 1.01. The number of furan rings is 2. The molecule has 0 bridgehead atoms. The molecule has 8 aromatic carbocycles. The minimum Gasteiger partial charge on any atom is -0.455 e. The number of aromatic nitrogens is 1. The van der Waals surface area contributed by atoms with Gasteiger partial charge in [-0.1, -0.05) is 146 Å². The average molecular weight is 733 g/mol. The van der Waals surface area contributed by atoms with Crippen molar-refractivity contribution < 1.29 is 8.83 Å². The van der Waals surface area contributed by atoms with Gasteiger partial charge in [0.25, 0.3) is 0 Å². The molecule has 57 heavy (non-hydrogen) atoms.